The molecule has 2 heterocycles. The number of methoxy groups -OCH3 is 1. The van der Waals surface area contributed by atoms with Crippen LogP contribution in [0.2, 0.25) is 0 Å². The summed E-state index contributed by atoms with van der Waals surface area (Å²) in [4.78, 5) is 12.3. The van der Waals surface area contributed by atoms with Gasteiger partial charge in [-0.1, -0.05) is 30.0 Å². The predicted octanol–water partition coefficient (Wildman–Crippen LogP) is 3.65. The lowest BCUT2D eigenvalue weighted by molar-refractivity contribution is -0.146. The van der Waals surface area contributed by atoms with Gasteiger partial charge in [0.05, 0.1) is 18.6 Å². The van der Waals surface area contributed by atoms with Crippen molar-refractivity contribution in [3.63, 3.8) is 0 Å². The first-order chi connectivity index (χ1) is 14.3. The van der Waals surface area contributed by atoms with Crippen LogP contribution in [0.25, 0.3) is 21.9 Å². The van der Waals surface area contributed by atoms with Gasteiger partial charge in [-0.2, -0.15) is 13.2 Å². The molecule has 0 fully saturated rings. The number of nitrogen functional groups attached to an aromatic ring is 1. The Kier molecular flexibility index (Phi) is 4.94. The molecule has 0 spiro atoms. The van der Waals surface area contributed by atoms with Crippen LogP contribution in [0.1, 0.15) is 5.82 Å². The van der Waals surface area contributed by atoms with Crippen molar-refractivity contribution in [1.82, 2.24) is 14.9 Å². The Hall–Kier alpha value is -3.41. The van der Waals surface area contributed by atoms with Gasteiger partial charge in [0.15, 0.2) is 0 Å². The molecule has 4 rings (SSSR count). The number of halogens is 3. The number of nitrogens with zero attached hydrogens (tertiary/aromatic N) is 3. The summed E-state index contributed by atoms with van der Waals surface area (Å²) in [6.07, 6.45) is -4.74. The molecule has 0 unspecified atom stereocenters. The van der Waals surface area contributed by atoms with Crippen LogP contribution >= 0.6 is 11.8 Å². The van der Waals surface area contributed by atoms with E-state index in [1.165, 1.54) is 7.11 Å². The normalized spacial score (nSPS) is 11.9. The van der Waals surface area contributed by atoms with Gasteiger partial charge in [-0.05, 0) is 12.1 Å². The quantitative estimate of drug-likeness (QED) is 0.362. The first kappa shape index (κ1) is 19.9. The number of para-hydroxylation sites is 1. The van der Waals surface area contributed by atoms with E-state index in [0.717, 1.165) is 22.5 Å². The Labute approximate surface area is 171 Å². The summed E-state index contributed by atoms with van der Waals surface area (Å²) in [5.41, 5.74) is 1.60. The van der Waals surface area contributed by atoms with Crippen LogP contribution in [-0.4, -0.2) is 33.6 Å². The average molecular weight is 437 g/mol. The van der Waals surface area contributed by atoms with Crippen LogP contribution < -0.4 is 15.9 Å². The second-order valence-corrected chi connectivity index (χ2v) is 7.10. The number of thioether (sulfide) groups is 1. The number of alkyl halides is 3. The van der Waals surface area contributed by atoms with Crippen LogP contribution in [0.3, 0.4) is 0 Å². The number of rotatable bonds is 5. The van der Waals surface area contributed by atoms with E-state index in [9.17, 15) is 18.0 Å². The van der Waals surface area contributed by atoms with Crippen molar-refractivity contribution in [3.8, 4) is 5.75 Å². The van der Waals surface area contributed by atoms with Crippen molar-refractivity contribution < 1.29 is 27.1 Å². The minimum Gasteiger partial charge on any atom is -0.495 e. The number of anilines is 1. The number of nitrogens with two attached hydrogens (primary N) is 1. The van der Waals surface area contributed by atoms with Crippen molar-refractivity contribution in [2.45, 2.75) is 11.3 Å². The summed E-state index contributed by atoms with van der Waals surface area (Å²) < 4.78 is 49.6. The zero-order valence-corrected chi connectivity index (χ0v) is 16.2. The SMILES string of the molecule is COc1cc2c(cc1NC(=O)CSc1nnc(C(F)(F)F)n1N)oc1ccccc12. The van der Waals surface area contributed by atoms with E-state index in [2.05, 4.69) is 15.5 Å². The smallest absolute Gasteiger partial charge is 0.453 e. The van der Waals surface area contributed by atoms with Crippen LogP contribution in [0.15, 0.2) is 46.0 Å². The number of benzene rings is 2. The Bertz CT molecular complexity index is 1250. The maximum absolute atomic E-state index is 12.7. The second-order valence-electron chi connectivity index (χ2n) is 6.16. The highest BCUT2D eigenvalue weighted by Gasteiger charge is 2.38. The lowest BCUT2D eigenvalue weighted by atomic mass is 10.1. The van der Waals surface area contributed by atoms with Crippen molar-refractivity contribution in [3.05, 3.63) is 42.2 Å². The Morgan fingerprint density at radius 1 is 1.23 bits per heavy atom. The third-order valence-electron chi connectivity index (χ3n) is 4.22. The van der Waals surface area contributed by atoms with Crippen molar-refractivity contribution in [2.24, 2.45) is 0 Å². The van der Waals surface area contributed by atoms with Crippen LogP contribution in [0.5, 0.6) is 5.75 Å². The third kappa shape index (κ3) is 3.61. The molecular formula is C18H14F3N5O3S. The standard InChI is InChI=1S/C18H14F3N5O3S/c1-28-14-6-10-9-4-2-3-5-12(9)29-13(10)7-11(14)23-15(27)8-30-17-25-24-16(26(17)22)18(19,20)21/h2-7H,8,22H2,1H3,(H,23,27). The number of hydrogen-bond acceptors (Lipinski definition) is 7. The van der Waals surface area contributed by atoms with Crippen LogP contribution in [-0.2, 0) is 11.0 Å². The summed E-state index contributed by atoms with van der Waals surface area (Å²) in [6.45, 7) is 0. The van der Waals surface area contributed by atoms with E-state index >= 15 is 0 Å². The van der Waals surface area contributed by atoms with Gasteiger partial charge in [0.2, 0.25) is 11.1 Å². The zero-order chi connectivity index (χ0) is 21.5. The molecule has 12 heteroatoms. The number of furan rings is 1. The van der Waals surface area contributed by atoms with E-state index in [4.69, 9.17) is 15.0 Å². The topological polar surface area (TPSA) is 108 Å². The first-order valence-electron chi connectivity index (χ1n) is 8.47. The lowest BCUT2D eigenvalue weighted by Crippen LogP contribution is -2.22. The number of carbonyl (C=O) groups is 1. The molecule has 2 aromatic heterocycles. The van der Waals surface area contributed by atoms with E-state index < -0.39 is 17.9 Å². The van der Waals surface area contributed by atoms with Gasteiger partial charge in [0.25, 0.3) is 5.82 Å². The summed E-state index contributed by atoms with van der Waals surface area (Å²) in [6, 6.07) is 10.8. The van der Waals surface area contributed by atoms with E-state index in [0.29, 0.717) is 27.3 Å². The molecule has 156 valence electrons. The molecule has 0 aliphatic rings. The Balaban J connectivity index is 1.53. The summed E-state index contributed by atoms with van der Waals surface area (Å²) in [5.74, 6) is 3.69. The molecule has 3 N–H and O–H groups in total. The summed E-state index contributed by atoms with van der Waals surface area (Å²) >= 11 is 0.720. The minimum atomic E-state index is -4.74. The zero-order valence-electron chi connectivity index (χ0n) is 15.4. The number of hydrogen-bond donors (Lipinski definition) is 2. The second kappa shape index (κ2) is 7.44. The maximum Gasteiger partial charge on any atom is 0.453 e. The minimum absolute atomic E-state index is 0.239. The van der Waals surface area contributed by atoms with Crippen LogP contribution in [0, 0.1) is 0 Å². The number of nitrogens with one attached hydrogen (secondary N) is 1. The monoisotopic (exact) mass is 437 g/mol. The van der Waals surface area contributed by atoms with Gasteiger partial charge < -0.3 is 20.3 Å². The highest BCUT2D eigenvalue weighted by Crippen LogP contribution is 2.36. The molecule has 30 heavy (non-hydrogen) atoms. The van der Waals surface area contributed by atoms with Crippen molar-refractivity contribution in [1.29, 1.82) is 0 Å². The number of fused-ring (bicyclic) bond motifs is 3. The fraction of sp³-hybridized carbons (Fsp3) is 0.167. The molecular weight excluding hydrogens is 423 g/mol. The van der Waals surface area contributed by atoms with E-state index in [1.54, 1.807) is 12.1 Å². The Morgan fingerprint density at radius 2 is 2.00 bits per heavy atom. The van der Waals surface area contributed by atoms with Crippen molar-refractivity contribution in [2.75, 3.05) is 24.0 Å². The molecule has 8 nitrogen and oxygen atoms in total. The van der Waals surface area contributed by atoms with Gasteiger partial charge >= 0.3 is 6.18 Å². The fourth-order valence-electron chi connectivity index (χ4n) is 2.90. The number of aromatic nitrogens is 3. The number of ether oxygens (including phenoxy) is 1. The van der Waals surface area contributed by atoms with Crippen LogP contribution in [0.4, 0.5) is 18.9 Å². The van der Waals surface area contributed by atoms with Gasteiger partial charge in [-0.3, -0.25) is 4.79 Å². The lowest BCUT2D eigenvalue weighted by Gasteiger charge is -2.10. The molecule has 1 amide bonds. The molecule has 0 saturated carbocycles. The van der Waals surface area contributed by atoms with E-state index in [1.807, 2.05) is 24.3 Å². The molecule has 4 aromatic rings. The number of amides is 1. The van der Waals surface area contributed by atoms with E-state index in [-0.39, 0.29) is 10.9 Å². The summed E-state index contributed by atoms with van der Waals surface area (Å²) in [7, 11) is 1.46. The summed E-state index contributed by atoms with van der Waals surface area (Å²) in [5, 5.41) is 10.5. The maximum atomic E-state index is 12.7. The van der Waals surface area contributed by atoms with Gasteiger partial charge in [0, 0.05) is 16.8 Å². The average Bonchev–Trinajstić information content (AvgIpc) is 3.25. The van der Waals surface area contributed by atoms with Gasteiger partial charge in [-0.15, -0.1) is 10.2 Å². The van der Waals surface area contributed by atoms with Gasteiger partial charge in [-0.25, -0.2) is 4.68 Å². The molecule has 0 bridgehead atoms. The molecule has 0 aliphatic heterocycles. The first-order valence-corrected chi connectivity index (χ1v) is 9.46. The molecule has 2 aromatic carbocycles. The highest BCUT2D eigenvalue weighted by atomic mass is 32.2. The molecule has 0 atom stereocenters. The predicted molar refractivity (Wildman–Crippen MR) is 105 cm³/mol. The Morgan fingerprint density at radius 3 is 2.70 bits per heavy atom. The van der Waals surface area contributed by atoms with Crippen molar-refractivity contribution >= 4 is 45.3 Å². The highest BCUT2D eigenvalue weighted by molar-refractivity contribution is 7.99. The fourth-order valence-corrected chi connectivity index (χ4v) is 3.56. The molecule has 0 radical (unpaired) electrons. The third-order valence-corrected chi connectivity index (χ3v) is 5.17. The molecule has 0 aliphatic carbocycles. The van der Waals surface area contributed by atoms with Gasteiger partial charge in [0.1, 0.15) is 16.9 Å². The molecule has 0 saturated heterocycles. The largest absolute Gasteiger partial charge is 0.495 e. The number of carbonyl (C=O) groups excluding carboxylic acids is 1.